The first-order chi connectivity index (χ1) is 43.2. The van der Waals surface area contributed by atoms with Crippen LogP contribution in [0.3, 0.4) is 0 Å². The summed E-state index contributed by atoms with van der Waals surface area (Å²) >= 11 is 0. The van der Waals surface area contributed by atoms with Crippen LogP contribution >= 0.6 is 0 Å². The molecule has 0 saturated carbocycles. The monoisotopic (exact) mass is 1100 g/mol. The van der Waals surface area contributed by atoms with E-state index in [-0.39, 0.29) is 13.7 Å². The van der Waals surface area contributed by atoms with E-state index in [4.69, 9.17) is 0 Å². The number of para-hydroxylation sites is 10. The molecular formula is C79H50B2N6. The lowest BCUT2D eigenvalue weighted by molar-refractivity contribution is 1.17. The smallest absolute Gasteiger partial charge is 0.333 e. The second kappa shape index (κ2) is 17.4. The number of fused-ring (bicyclic) bond motifs is 20. The van der Waals surface area contributed by atoms with Gasteiger partial charge in [-0.1, -0.05) is 200 Å². The summed E-state index contributed by atoms with van der Waals surface area (Å²) < 4.78 is 10.4. The van der Waals surface area contributed by atoms with Gasteiger partial charge in [0.05, 0.1) is 22.1 Å². The molecule has 0 bridgehead atoms. The molecule has 0 amide bonds. The van der Waals surface area contributed by atoms with Crippen LogP contribution in [0.5, 0.6) is 0 Å². The van der Waals surface area contributed by atoms with E-state index in [2.05, 4.69) is 320 Å². The van der Waals surface area contributed by atoms with Gasteiger partial charge in [0, 0.05) is 123 Å². The molecule has 7 heterocycles. The molecule has 3 aliphatic heterocycles. The summed E-state index contributed by atoms with van der Waals surface area (Å²) in [7, 11) is 2.27. The molecule has 0 radical (unpaired) electrons. The highest BCUT2D eigenvalue weighted by atomic mass is 15.2. The molecule has 13 aromatic carbocycles. The minimum atomic E-state index is -0.276. The zero-order valence-electron chi connectivity index (χ0n) is 47.5. The lowest BCUT2D eigenvalue weighted by atomic mass is 9.42. The summed E-state index contributed by atoms with van der Waals surface area (Å²) in [5.41, 5.74) is 27.9. The van der Waals surface area contributed by atoms with Gasteiger partial charge in [0.15, 0.2) is 0 Å². The van der Waals surface area contributed by atoms with Crippen LogP contribution in [0.2, 0.25) is 0 Å². The lowest BCUT2D eigenvalue weighted by Gasteiger charge is -2.41. The zero-order chi connectivity index (χ0) is 56.8. The number of benzene rings is 13. The van der Waals surface area contributed by atoms with Gasteiger partial charge in [-0.25, -0.2) is 0 Å². The van der Waals surface area contributed by atoms with Gasteiger partial charge in [0.25, 0.3) is 0 Å². The van der Waals surface area contributed by atoms with Crippen molar-refractivity contribution in [3.8, 4) is 33.6 Å². The Kier molecular flexibility index (Phi) is 9.46. The normalized spacial score (nSPS) is 13.0. The van der Waals surface area contributed by atoms with Crippen LogP contribution in [0, 0.1) is 0 Å². The third kappa shape index (κ3) is 6.15. The zero-order valence-corrected chi connectivity index (χ0v) is 47.5. The third-order valence-corrected chi connectivity index (χ3v) is 19.7. The maximum absolute atomic E-state index is 2.73. The van der Waals surface area contributed by atoms with Gasteiger partial charge in [-0.2, -0.15) is 0 Å². The van der Waals surface area contributed by atoms with Crippen molar-refractivity contribution in [2.45, 2.75) is 0 Å². The van der Waals surface area contributed by atoms with Crippen LogP contribution in [0.15, 0.2) is 285 Å². The Morgan fingerprint density at radius 1 is 0.322 bits per heavy atom. The standard InChI is InChI=1S/C79H50B2N6/c1-82(50-24-6-2-7-25-50)70-47-68-72(58-34-16-18-40-63(58)83(68)51-26-8-3-9-27-51)74-60-38-22-36-56-54-32-14-20-42-65(54)86(78(56)60)80(76(70)74)49-44-45-67-62(46-49)81-77-71(85(67)53-30-12-5-13-31-53)48-69-73(59-35-17-19-41-64(59)84(69)52-28-10-4-11-29-52)75(77)61-39-23-37-57-55-33-15-21-43-66(55)87(81)79(57)61/h2-48H,1H3. The highest BCUT2D eigenvalue weighted by molar-refractivity contribution is 6.92. The highest BCUT2D eigenvalue weighted by Crippen LogP contribution is 2.52. The van der Waals surface area contributed by atoms with E-state index < -0.39 is 0 Å². The van der Waals surface area contributed by atoms with E-state index in [9.17, 15) is 0 Å². The van der Waals surface area contributed by atoms with Crippen LogP contribution in [-0.2, 0) is 0 Å². The van der Waals surface area contributed by atoms with Gasteiger partial charge in [-0.15, -0.1) is 0 Å². The molecule has 3 aliphatic rings. The van der Waals surface area contributed by atoms with Crippen molar-refractivity contribution in [2.75, 3.05) is 16.8 Å². The number of nitrogens with zero attached hydrogens (tertiary/aromatic N) is 6. The summed E-state index contributed by atoms with van der Waals surface area (Å²) in [5, 5.41) is 10.1. The molecule has 17 aromatic rings. The van der Waals surface area contributed by atoms with Crippen LogP contribution < -0.4 is 31.7 Å². The number of aromatic nitrogens is 4. The molecule has 0 fully saturated rings. The minimum Gasteiger partial charge on any atom is -0.375 e. The maximum Gasteiger partial charge on any atom is 0.333 e. The molecule has 0 spiro atoms. The van der Waals surface area contributed by atoms with Crippen molar-refractivity contribution in [1.82, 2.24) is 18.1 Å². The van der Waals surface area contributed by atoms with Gasteiger partial charge < -0.3 is 27.9 Å². The third-order valence-electron chi connectivity index (χ3n) is 19.7. The van der Waals surface area contributed by atoms with Crippen LogP contribution in [0.25, 0.3) is 121 Å². The van der Waals surface area contributed by atoms with Gasteiger partial charge in [-0.3, -0.25) is 0 Å². The van der Waals surface area contributed by atoms with Crippen molar-refractivity contribution in [1.29, 1.82) is 0 Å². The highest BCUT2D eigenvalue weighted by Gasteiger charge is 2.46. The predicted molar refractivity (Wildman–Crippen MR) is 368 cm³/mol. The maximum atomic E-state index is 2.73. The summed E-state index contributed by atoms with van der Waals surface area (Å²) in [6, 6.07) is 107. The van der Waals surface area contributed by atoms with Crippen molar-refractivity contribution in [3.63, 3.8) is 0 Å². The molecule has 0 saturated heterocycles. The molecule has 20 rings (SSSR count). The Morgan fingerprint density at radius 2 is 0.770 bits per heavy atom. The summed E-state index contributed by atoms with van der Waals surface area (Å²) in [6.07, 6.45) is 0. The summed E-state index contributed by atoms with van der Waals surface area (Å²) in [6.45, 7) is -0.485. The molecule has 0 N–H and O–H groups in total. The molecule has 8 heteroatoms. The average Bonchev–Trinajstić information content (AvgIpc) is 1.90. The fraction of sp³-hybridized carbons (Fsp3) is 0.0127. The molecule has 0 unspecified atom stereocenters. The topological polar surface area (TPSA) is 26.2 Å². The minimum absolute atomic E-state index is 0.208. The lowest BCUT2D eigenvalue weighted by Crippen LogP contribution is -2.59. The fourth-order valence-electron chi connectivity index (χ4n) is 16.4. The van der Waals surface area contributed by atoms with E-state index in [0.29, 0.717) is 0 Å². The van der Waals surface area contributed by atoms with Crippen molar-refractivity contribution in [2.24, 2.45) is 0 Å². The largest absolute Gasteiger partial charge is 0.375 e. The number of hydrogen-bond acceptors (Lipinski definition) is 2. The van der Waals surface area contributed by atoms with E-state index in [1.165, 1.54) is 143 Å². The van der Waals surface area contributed by atoms with Gasteiger partial charge >= 0.3 is 13.7 Å². The van der Waals surface area contributed by atoms with Crippen LogP contribution in [0.4, 0.5) is 28.4 Å². The average molecular weight is 1100 g/mol. The van der Waals surface area contributed by atoms with E-state index in [1.807, 2.05) is 0 Å². The molecule has 0 aliphatic carbocycles. The van der Waals surface area contributed by atoms with E-state index in [1.54, 1.807) is 0 Å². The second-order valence-electron chi connectivity index (χ2n) is 23.9. The first-order valence-corrected chi connectivity index (χ1v) is 30.3. The number of anilines is 5. The molecule has 0 atom stereocenters. The Bertz CT molecular complexity index is 5800. The number of hydrogen-bond donors (Lipinski definition) is 0. The molecular weight excluding hydrogens is 1050 g/mol. The molecule has 6 nitrogen and oxygen atoms in total. The first-order valence-electron chi connectivity index (χ1n) is 30.3. The van der Waals surface area contributed by atoms with Crippen LogP contribution in [0.1, 0.15) is 0 Å². The first kappa shape index (κ1) is 47.2. The SMILES string of the molecule is CN(c1ccccc1)c1cc2c(c3c1B(c1ccc4c(c1)B1c5c(cc6c(c5-c5cccc7c8ccccc8n1c57)c1ccccc1n6-c1ccccc1)N4c1ccccc1)n1c4ccccc4c4cccc-3c41)c1ccccc1n2-c1ccccc1. The van der Waals surface area contributed by atoms with Crippen molar-refractivity contribution < 1.29 is 0 Å². The van der Waals surface area contributed by atoms with Crippen LogP contribution in [-0.4, -0.2) is 38.8 Å². The fourth-order valence-corrected chi connectivity index (χ4v) is 16.4. The molecule has 87 heavy (non-hydrogen) atoms. The second-order valence-corrected chi connectivity index (χ2v) is 23.9. The van der Waals surface area contributed by atoms with E-state index in [0.717, 1.165) is 28.4 Å². The Balaban J connectivity index is 0.961. The van der Waals surface area contributed by atoms with Gasteiger partial charge in [0.2, 0.25) is 0 Å². The van der Waals surface area contributed by atoms with Gasteiger partial charge in [0.1, 0.15) is 0 Å². The van der Waals surface area contributed by atoms with Crippen molar-refractivity contribution in [3.05, 3.63) is 285 Å². The Hall–Kier alpha value is -11.2. The summed E-state index contributed by atoms with van der Waals surface area (Å²) in [4.78, 5) is 5.03. The Labute approximate surface area is 502 Å². The quantitative estimate of drug-likeness (QED) is 0.155. The molecule has 4 aromatic heterocycles. The Morgan fingerprint density at radius 3 is 1.33 bits per heavy atom. The summed E-state index contributed by atoms with van der Waals surface area (Å²) in [5.74, 6) is 0. The van der Waals surface area contributed by atoms with Crippen molar-refractivity contribution >= 4 is 151 Å². The number of rotatable bonds is 6. The van der Waals surface area contributed by atoms with Gasteiger partial charge in [-0.05, 0) is 119 Å². The molecule has 402 valence electrons. The van der Waals surface area contributed by atoms with E-state index >= 15 is 0 Å². The predicted octanol–water partition coefficient (Wildman–Crippen LogP) is 16.9.